The summed E-state index contributed by atoms with van der Waals surface area (Å²) in [5.74, 6) is -0.289. The lowest BCUT2D eigenvalue weighted by Gasteiger charge is -2.07. The number of nitriles is 1. The molecule has 0 spiro atoms. The van der Waals surface area contributed by atoms with Gasteiger partial charge in [0, 0.05) is 6.42 Å². The van der Waals surface area contributed by atoms with Crippen LogP contribution in [0.4, 0.5) is 4.39 Å². The van der Waals surface area contributed by atoms with E-state index in [4.69, 9.17) is 0 Å². The summed E-state index contributed by atoms with van der Waals surface area (Å²) in [6, 6.07) is 18.2. The minimum atomic E-state index is -0.289. The highest BCUT2D eigenvalue weighted by Gasteiger charge is 2.13. The number of aromatic nitrogens is 3. The molecule has 0 bridgehead atoms. The fraction of sp³-hybridized carbons (Fsp3) is 0.118. The molecule has 0 fully saturated rings. The zero-order valence-electron chi connectivity index (χ0n) is 11.8. The normalized spacial score (nSPS) is 10.4. The van der Waals surface area contributed by atoms with Gasteiger partial charge in [0.1, 0.15) is 11.9 Å². The molecule has 0 aliphatic heterocycles. The molecule has 108 valence electrons. The van der Waals surface area contributed by atoms with E-state index in [9.17, 15) is 9.65 Å². The van der Waals surface area contributed by atoms with Crippen molar-refractivity contribution in [3.63, 3.8) is 0 Å². The lowest BCUT2D eigenvalue weighted by molar-refractivity contribution is 0.605. The molecule has 0 atom stereocenters. The summed E-state index contributed by atoms with van der Waals surface area (Å²) >= 11 is 0. The smallest absolute Gasteiger partial charge is 0.186 e. The van der Waals surface area contributed by atoms with Crippen molar-refractivity contribution in [1.82, 2.24) is 15.0 Å². The first-order chi connectivity index (χ1) is 10.8. The summed E-state index contributed by atoms with van der Waals surface area (Å²) < 4.78 is 14.9. The van der Waals surface area contributed by atoms with E-state index in [2.05, 4.69) is 16.4 Å². The molecule has 1 aromatic heterocycles. The number of halogens is 1. The summed E-state index contributed by atoms with van der Waals surface area (Å²) in [6.07, 6.45) is 0.562. The number of nitrogens with zero attached hydrogens (tertiary/aromatic N) is 4. The summed E-state index contributed by atoms with van der Waals surface area (Å²) in [5.41, 5.74) is 2.89. The van der Waals surface area contributed by atoms with E-state index in [0.717, 1.165) is 16.8 Å². The van der Waals surface area contributed by atoms with Crippen LogP contribution in [-0.4, -0.2) is 15.0 Å². The van der Waals surface area contributed by atoms with Crippen LogP contribution >= 0.6 is 0 Å². The molecule has 4 nitrogen and oxygen atoms in total. The Balaban J connectivity index is 1.92. The predicted molar refractivity (Wildman–Crippen MR) is 79.5 cm³/mol. The van der Waals surface area contributed by atoms with E-state index in [-0.39, 0.29) is 5.82 Å². The molecule has 3 aromatic rings. The largest absolute Gasteiger partial charge is 0.243 e. The summed E-state index contributed by atoms with van der Waals surface area (Å²) in [5, 5.41) is 17.1. The van der Waals surface area contributed by atoms with E-state index in [1.807, 2.05) is 36.4 Å². The SMILES string of the molecule is N#Cc1nnn(Cc2cccc(F)c2)c1Cc1ccccc1. The van der Waals surface area contributed by atoms with Gasteiger partial charge >= 0.3 is 0 Å². The molecular formula is C17H13FN4. The molecular weight excluding hydrogens is 279 g/mol. The number of rotatable bonds is 4. The van der Waals surface area contributed by atoms with Gasteiger partial charge in [-0.2, -0.15) is 5.26 Å². The van der Waals surface area contributed by atoms with Gasteiger partial charge < -0.3 is 0 Å². The first-order valence-corrected chi connectivity index (χ1v) is 6.87. The van der Waals surface area contributed by atoms with Gasteiger partial charge in [-0.15, -0.1) is 5.10 Å². The second-order valence-electron chi connectivity index (χ2n) is 4.95. The van der Waals surface area contributed by atoms with Crippen molar-refractivity contribution in [3.8, 4) is 6.07 Å². The second kappa shape index (κ2) is 6.19. The van der Waals surface area contributed by atoms with Gasteiger partial charge in [0.05, 0.1) is 12.2 Å². The third kappa shape index (κ3) is 3.01. The Bertz CT molecular complexity index is 818. The van der Waals surface area contributed by atoms with E-state index >= 15 is 0 Å². The van der Waals surface area contributed by atoms with Crippen LogP contribution in [0.1, 0.15) is 22.5 Å². The van der Waals surface area contributed by atoms with E-state index in [0.29, 0.717) is 18.7 Å². The van der Waals surface area contributed by atoms with Gasteiger partial charge in [-0.25, -0.2) is 9.07 Å². The lowest BCUT2D eigenvalue weighted by Crippen LogP contribution is -2.08. The molecule has 0 radical (unpaired) electrons. The topological polar surface area (TPSA) is 54.5 Å². The van der Waals surface area contributed by atoms with Gasteiger partial charge in [0.15, 0.2) is 5.69 Å². The van der Waals surface area contributed by atoms with Gasteiger partial charge in [0.25, 0.3) is 0 Å². The molecule has 0 aliphatic rings. The van der Waals surface area contributed by atoms with Crippen LogP contribution in [0.2, 0.25) is 0 Å². The number of hydrogen-bond acceptors (Lipinski definition) is 3. The highest BCUT2D eigenvalue weighted by atomic mass is 19.1. The van der Waals surface area contributed by atoms with E-state index in [1.54, 1.807) is 10.7 Å². The van der Waals surface area contributed by atoms with Crippen molar-refractivity contribution in [2.45, 2.75) is 13.0 Å². The highest BCUT2D eigenvalue weighted by Crippen LogP contribution is 2.14. The Morgan fingerprint density at radius 3 is 2.55 bits per heavy atom. The van der Waals surface area contributed by atoms with Crippen LogP contribution in [0.3, 0.4) is 0 Å². The molecule has 0 aliphatic carbocycles. The van der Waals surface area contributed by atoms with Crippen LogP contribution in [0.25, 0.3) is 0 Å². The lowest BCUT2D eigenvalue weighted by atomic mass is 10.1. The summed E-state index contributed by atoms with van der Waals surface area (Å²) in [7, 11) is 0. The third-order valence-electron chi connectivity index (χ3n) is 3.38. The molecule has 3 rings (SSSR count). The average Bonchev–Trinajstić information content (AvgIpc) is 2.90. The van der Waals surface area contributed by atoms with Gasteiger partial charge in [-0.3, -0.25) is 0 Å². The van der Waals surface area contributed by atoms with Crippen LogP contribution in [0.5, 0.6) is 0 Å². The minimum Gasteiger partial charge on any atom is -0.243 e. The zero-order chi connectivity index (χ0) is 15.4. The maximum absolute atomic E-state index is 13.3. The monoisotopic (exact) mass is 292 g/mol. The van der Waals surface area contributed by atoms with E-state index in [1.165, 1.54) is 12.1 Å². The number of hydrogen-bond donors (Lipinski definition) is 0. The third-order valence-corrected chi connectivity index (χ3v) is 3.38. The predicted octanol–water partition coefficient (Wildman–Crippen LogP) is 2.93. The van der Waals surface area contributed by atoms with Gasteiger partial charge in [-0.1, -0.05) is 47.7 Å². The fourth-order valence-electron chi connectivity index (χ4n) is 2.32. The van der Waals surface area contributed by atoms with E-state index < -0.39 is 0 Å². The van der Waals surface area contributed by atoms with Crippen LogP contribution < -0.4 is 0 Å². The molecule has 2 aromatic carbocycles. The van der Waals surface area contributed by atoms with Crippen molar-refractivity contribution >= 4 is 0 Å². The van der Waals surface area contributed by atoms with Crippen molar-refractivity contribution < 1.29 is 4.39 Å². The fourth-order valence-corrected chi connectivity index (χ4v) is 2.32. The minimum absolute atomic E-state index is 0.289. The second-order valence-corrected chi connectivity index (χ2v) is 4.95. The number of benzene rings is 2. The van der Waals surface area contributed by atoms with Crippen LogP contribution in [0, 0.1) is 17.1 Å². The Hall–Kier alpha value is -3.00. The van der Waals surface area contributed by atoms with Crippen molar-refractivity contribution in [3.05, 3.63) is 82.9 Å². The Kier molecular flexibility index (Phi) is 3.92. The molecule has 22 heavy (non-hydrogen) atoms. The van der Waals surface area contributed by atoms with Crippen LogP contribution in [-0.2, 0) is 13.0 Å². The van der Waals surface area contributed by atoms with Crippen LogP contribution in [0.15, 0.2) is 54.6 Å². The molecule has 0 unspecified atom stereocenters. The maximum Gasteiger partial charge on any atom is 0.186 e. The Labute approximate surface area is 127 Å². The Morgan fingerprint density at radius 1 is 1.05 bits per heavy atom. The first-order valence-electron chi connectivity index (χ1n) is 6.87. The highest BCUT2D eigenvalue weighted by molar-refractivity contribution is 5.31. The quantitative estimate of drug-likeness (QED) is 0.743. The molecule has 0 saturated heterocycles. The Morgan fingerprint density at radius 2 is 1.82 bits per heavy atom. The van der Waals surface area contributed by atoms with Gasteiger partial charge in [0.2, 0.25) is 0 Å². The van der Waals surface area contributed by atoms with Crippen molar-refractivity contribution in [1.29, 1.82) is 5.26 Å². The molecule has 1 heterocycles. The zero-order valence-corrected chi connectivity index (χ0v) is 11.8. The summed E-state index contributed by atoms with van der Waals surface area (Å²) in [6.45, 7) is 0.384. The van der Waals surface area contributed by atoms with Crippen molar-refractivity contribution in [2.75, 3.05) is 0 Å². The van der Waals surface area contributed by atoms with Crippen molar-refractivity contribution in [2.24, 2.45) is 0 Å². The maximum atomic E-state index is 13.3. The molecule has 5 heteroatoms. The molecule has 0 saturated carbocycles. The summed E-state index contributed by atoms with van der Waals surface area (Å²) in [4.78, 5) is 0. The average molecular weight is 292 g/mol. The van der Waals surface area contributed by atoms with Gasteiger partial charge in [-0.05, 0) is 23.3 Å². The molecule has 0 amide bonds. The molecule has 0 N–H and O–H groups in total. The standard InChI is InChI=1S/C17H13FN4/c18-15-8-4-7-14(9-15)12-22-17(16(11-19)20-21-22)10-13-5-2-1-3-6-13/h1-9H,10,12H2. The first kappa shape index (κ1) is 14.0.